The summed E-state index contributed by atoms with van der Waals surface area (Å²) in [6.07, 6.45) is 0. The quantitative estimate of drug-likeness (QED) is 0.249. The van der Waals surface area contributed by atoms with Gasteiger partial charge in [-0.05, 0) is 45.2 Å². The summed E-state index contributed by atoms with van der Waals surface area (Å²) in [5.74, 6) is -0.923. The molecule has 13 heteroatoms. The van der Waals surface area contributed by atoms with E-state index < -0.39 is 11.9 Å². The number of rotatable bonds is 2. The van der Waals surface area contributed by atoms with Crippen molar-refractivity contribution in [3.05, 3.63) is 30.9 Å². The smallest absolute Gasteiger partial charge is 0.358 e. The lowest BCUT2D eigenvalue weighted by Crippen LogP contribution is -2.10. The number of nitrogens with two attached hydrogens (primary N) is 1. The summed E-state index contributed by atoms with van der Waals surface area (Å²) in [4.78, 5) is 21.1. The molecule has 0 bridgehead atoms. The van der Waals surface area contributed by atoms with Gasteiger partial charge in [0.25, 0.3) is 5.91 Å². The van der Waals surface area contributed by atoms with Crippen molar-refractivity contribution < 1.29 is 24.9 Å². The van der Waals surface area contributed by atoms with E-state index in [9.17, 15) is 9.59 Å². The van der Waals surface area contributed by atoms with Crippen molar-refractivity contribution in [1.82, 2.24) is 26.5 Å². The number of nitrogens with zero attached hydrogens (tertiary/aromatic N) is 2. The number of methoxy groups -OCH3 is 1. The zero-order valence-corrected chi connectivity index (χ0v) is 16.6. The number of amides is 1. The molecule has 2 heterocycles. The first-order valence-corrected chi connectivity index (χ1v) is 7.34. The molecule has 0 fully saturated rings. The van der Waals surface area contributed by atoms with Gasteiger partial charge in [-0.25, -0.2) is 4.79 Å². The summed E-state index contributed by atoms with van der Waals surface area (Å²) in [5, 5.41) is 19.5. The van der Waals surface area contributed by atoms with Crippen LogP contribution in [0, 0.1) is 7.40 Å². The van der Waals surface area contributed by atoms with Crippen LogP contribution in [0.4, 0.5) is 0 Å². The lowest BCUT2D eigenvalue weighted by Gasteiger charge is -1.89. The third-order valence-electron chi connectivity index (χ3n) is 1.74. The standard InChI is InChI=1S/C5H5IN2O2.C4H4IN3O.CH4O.H3N.H2O/c1-10-5(9)3-2-4(6)8-7-3;5-3-1-2(4(6)9)7-8-3;1-2;;/h2H,1H3,(H,7,8);1H,(H2,6,9)(H,7,8);2H,1H3;1H3;1H2. The van der Waals surface area contributed by atoms with Crippen molar-refractivity contribution in [2.24, 2.45) is 5.73 Å². The van der Waals surface area contributed by atoms with Crippen LogP contribution in [-0.4, -0.2) is 57.1 Å². The molecule has 23 heavy (non-hydrogen) atoms. The van der Waals surface area contributed by atoms with E-state index in [2.05, 4.69) is 25.1 Å². The second-order valence-corrected chi connectivity index (χ2v) is 5.38. The van der Waals surface area contributed by atoms with Gasteiger partial charge in [0.1, 0.15) is 0 Å². The van der Waals surface area contributed by atoms with E-state index in [1.54, 1.807) is 12.1 Å². The van der Waals surface area contributed by atoms with Gasteiger partial charge >= 0.3 is 5.97 Å². The van der Waals surface area contributed by atoms with E-state index in [1.807, 2.05) is 45.2 Å². The SMILES string of the molecule is CO.COC(=O)c1cc(I)[nH]n1.N.NC(=O)c1cc(I)[nH]n1.O. The molecule has 0 aliphatic heterocycles. The number of hydrogen-bond acceptors (Lipinski definition) is 7. The number of carbonyl (C=O) groups excluding carboxylic acids is 2. The van der Waals surface area contributed by atoms with Crippen LogP contribution in [0.2, 0.25) is 0 Å². The molecular formula is C10H18I2N6O5. The number of H-pyrrole nitrogens is 2. The minimum Gasteiger partial charge on any atom is -0.464 e. The summed E-state index contributed by atoms with van der Waals surface area (Å²) < 4.78 is 6.05. The van der Waals surface area contributed by atoms with Crippen molar-refractivity contribution >= 4 is 57.1 Å². The molecule has 0 saturated heterocycles. The fraction of sp³-hybridized carbons (Fsp3) is 0.200. The average Bonchev–Trinajstić information content (AvgIpc) is 3.10. The van der Waals surface area contributed by atoms with Crippen molar-refractivity contribution in [3.63, 3.8) is 0 Å². The van der Waals surface area contributed by atoms with E-state index in [0.29, 0.717) is 5.69 Å². The van der Waals surface area contributed by atoms with E-state index in [0.717, 1.165) is 14.5 Å². The van der Waals surface area contributed by atoms with Gasteiger partial charge in [0.2, 0.25) is 0 Å². The number of aliphatic hydroxyl groups excluding tert-OH is 1. The summed E-state index contributed by atoms with van der Waals surface area (Å²) in [5.41, 5.74) is 5.49. The third kappa shape index (κ3) is 10.2. The Kier molecular flexibility index (Phi) is 16.5. The molecule has 0 unspecified atom stereocenters. The Bertz CT molecular complexity index is 588. The molecule has 0 spiro atoms. The van der Waals surface area contributed by atoms with E-state index in [-0.39, 0.29) is 17.3 Å². The van der Waals surface area contributed by atoms with Crippen molar-refractivity contribution in [3.8, 4) is 0 Å². The van der Waals surface area contributed by atoms with E-state index in [4.69, 9.17) is 10.8 Å². The topological polar surface area (TPSA) is 213 Å². The number of hydrogen-bond donors (Lipinski definition) is 5. The predicted octanol–water partition coefficient (Wildman–Crippen LogP) is -0.140. The van der Waals surface area contributed by atoms with Gasteiger partial charge in [0.15, 0.2) is 11.4 Å². The van der Waals surface area contributed by atoms with Gasteiger partial charge in [-0.15, -0.1) is 0 Å². The molecule has 0 aliphatic carbocycles. The summed E-state index contributed by atoms with van der Waals surface area (Å²) in [6.45, 7) is 0. The molecule has 0 aromatic carbocycles. The van der Waals surface area contributed by atoms with Gasteiger partial charge in [0.05, 0.1) is 14.5 Å². The molecule has 1 amide bonds. The third-order valence-corrected chi connectivity index (χ3v) is 2.85. The number of aromatic amines is 2. The van der Waals surface area contributed by atoms with Crippen molar-refractivity contribution in [2.75, 3.05) is 14.2 Å². The molecule has 0 radical (unpaired) electrons. The largest absolute Gasteiger partial charge is 0.464 e. The zero-order valence-electron chi connectivity index (χ0n) is 12.3. The molecular weight excluding hydrogens is 538 g/mol. The number of carbonyl (C=O) groups is 2. The second kappa shape index (κ2) is 14.3. The van der Waals surface area contributed by atoms with Gasteiger partial charge in [-0.1, -0.05) is 0 Å². The number of primary amides is 1. The van der Waals surface area contributed by atoms with Crippen LogP contribution in [0.25, 0.3) is 0 Å². The minimum atomic E-state index is -0.505. The highest BCUT2D eigenvalue weighted by atomic mass is 127. The van der Waals surface area contributed by atoms with Crippen LogP contribution in [0.3, 0.4) is 0 Å². The Balaban J connectivity index is -0.000000292. The Morgan fingerprint density at radius 2 is 1.52 bits per heavy atom. The first-order valence-electron chi connectivity index (χ1n) is 5.18. The average molecular weight is 556 g/mol. The highest BCUT2D eigenvalue weighted by Gasteiger charge is 2.07. The summed E-state index contributed by atoms with van der Waals surface area (Å²) in [6, 6.07) is 3.20. The monoisotopic (exact) mass is 556 g/mol. The molecule has 0 atom stereocenters. The maximum absolute atomic E-state index is 10.7. The normalized spacial score (nSPS) is 8.04. The molecule has 2 aromatic rings. The summed E-state index contributed by atoms with van der Waals surface area (Å²) in [7, 11) is 2.32. The fourth-order valence-corrected chi connectivity index (χ4v) is 1.76. The molecule has 10 N–H and O–H groups in total. The first-order chi connectivity index (χ1) is 9.93. The Morgan fingerprint density at radius 1 is 1.13 bits per heavy atom. The molecule has 132 valence electrons. The second-order valence-electron chi connectivity index (χ2n) is 3.06. The Morgan fingerprint density at radius 3 is 1.74 bits per heavy atom. The lowest BCUT2D eigenvalue weighted by molar-refractivity contribution is 0.0594. The van der Waals surface area contributed by atoms with Crippen LogP contribution in [-0.2, 0) is 4.74 Å². The number of aliphatic hydroxyl groups is 1. The van der Waals surface area contributed by atoms with Crippen LogP contribution < -0.4 is 11.9 Å². The number of ether oxygens (including phenoxy) is 1. The summed E-state index contributed by atoms with van der Waals surface area (Å²) >= 11 is 4.03. The molecule has 2 rings (SSSR count). The molecule has 0 aliphatic rings. The number of aromatic nitrogens is 4. The highest BCUT2D eigenvalue weighted by Crippen LogP contribution is 2.02. The Labute approximate surface area is 158 Å². The van der Waals surface area contributed by atoms with Gasteiger partial charge in [-0.2, -0.15) is 10.2 Å². The Hall–Kier alpha value is -1.30. The number of esters is 1. The van der Waals surface area contributed by atoms with Crippen LogP contribution in [0.5, 0.6) is 0 Å². The van der Waals surface area contributed by atoms with Crippen molar-refractivity contribution in [2.45, 2.75) is 0 Å². The zero-order chi connectivity index (χ0) is 16.4. The van der Waals surface area contributed by atoms with Crippen LogP contribution in [0.15, 0.2) is 12.1 Å². The molecule has 2 aromatic heterocycles. The maximum Gasteiger partial charge on any atom is 0.358 e. The van der Waals surface area contributed by atoms with Crippen LogP contribution >= 0.6 is 45.2 Å². The van der Waals surface area contributed by atoms with Gasteiger partial charge in [0, 0.05) is 19.2 Å². The van der Waals surface area contributed by atoms with E-state index in [1.165, 1.54) is 7.11 Å². The fourth-order valence-electron chi connectivity index (χ4n) is 0.932. The number of nitrogens with one attached hydrogen (secondary N) is 2. The molecule has 0 saturated carbocycles. The lowest BCUT2D eigenvalue weighted by atomic mass is 10.4. The number of halogens is 2. The minimum absolute atomic E-state index is 0. The van der Waals surface area contributed by atoms with Gasteiger partial charge < -0.3 is 27.2 Å². The van der Waals surface area contributed by atoms with Crippen molar-refractivity contribution in [1.29, 1.82) is 0 Å². The highest BCUT2D eigenvalue weighted by molar-refractivity contribution is 14.1. The maximum atomic E-state index is 10.7. The van der Waals surface area contributed by atoms with E-state index >= 15 is 0 Å². The van der Waals surface area contributed by atoms with Gasteiger partial charge in [-0.3, -0.25) is 15.0 Å². The first kappa shape index (κ1) is 26.6. The predicted molar refractivity (Wildman–Crippen MR) is 99.2 cm³/mol. The van der Waals surface area contributed by atoms with Crippen LogP contribution in [0.1, 0.15) is 21.0 Å². The molecule has 11 nitrogen and oxygen atoms in total.